The van der Waals surface area contributed by atoms with Crippen LogP contribution in [0.4, 0.5) is 20.2 Å². The van der Waals surface area contributed by atoms with Gasteiger partial charge in [0.25, 0.3) is 5.91 Å². The lowest BCUT2D eigenvalue weighted by Gasteiger charge is -2.08. The number of carbonyl (C=O) groups excluding carboxylic acids is 1. The molecule has 98 valence electrons. The van der Waals surface area contributed by atoms with Crippen LogP contribution in [-0.4, -0.2) is 5.91 Å². The van der Waals surface area contributed by atoms with Crippen molar-refractivity contribution in [2.45, 2.75) is 0 Å². The summed E-state index contributed by atoms with van der Waals surface area (Å²) in [5, 5.41) is 2.63. The minimum atomic E-state index is -0.867. The molecular weight excluding hydrogens is 274 g/mol. The first-order valence-electron chi connectivity index (χ1n) is 5.29. The van der Waals surface area contributed by atoms with Crippen molar-refractivity contribution in [2.75, 3.05) is 11.1 Å². The second-order valence-electron chi connectivity index (χ2n) is 3.81. The number of carbonyl (C=O) groups is 1. The van der Waals surface area contributed by atoms with Gasteiger partial charge in [-0.1, -0.05) is 11.6 Å². The van der Waals surface area contributed by atoms with Crippen LogP contribution >= 0.6 is 11.6 Å². The Kier molecular flexibility index (Phi) is 3.66. The summed E-state index contributed by atoms with van der Waals surface area (Å²) < 4.78 is 26.1. The molecule has 3 N–H and O–H groups in total. The van der Waals surface area contributed by atoms with E-state index in [2.05, 4.69) is 5.32 Å². The van der Waals surface area contributed by atoms with Gasteiger partial charge in [0, 0.05) is 16.8 Å². The molecule has 0 unspecified atom stereocenters. The van der Waals surface area contributed by atoms with Gasteiger partial charge in [-0.05, 0) is 30.3 Å². The molecule has 6 heteroatoms. The van der Waals surface area contributed by atoms with E-state index in [4.69, 9.17) is 17.3 Å². The first-order chi connectivity index (χ1) is 8.97. The summed E-state index contributed by atoms with van der Waals surface area (Å²) in [6, 6.07) is 7.22. The third-order valence-corrected chi connectivity index (χ3v) is 2.67. The third-order valence-electron chi connectivity index (χ3n) is 2.44. The Morgan fingerprint density at radius 2 is 1.89 bits per heavy atom. The highest BCUT2D eigenvalue weighted by atomic mass is 35.5. The zero-order chi connectivity index (χ0) is 14.0. The molecule has 0 spiro atoms. The molecule has 0 radical (unpaired) electrons. The number of hydrogen-bond acceptors (Lipinski definition) is 2. The smallest absolute Gasteiger partial charge is 0.257 e. The highest BCUT2D eigenvalue weighted by Gasteiger charge is 2.13. The summed E-state index contributed by atoms with van der Waals surface area (Å²) in [7, 11) is 0. The molecule has 0 saturated heterocycles. The quantitative estimate of drug-likeness (QED) is 0.829. The standard InChI is InChI=1S/C13H9ClF2N2O/c14-7-1-3-11(17)9(5-7)13(19)18-12-4-2-8(15)6-10(12)16/h1-6H,17H2,(H,18,19). The number of nitrogens with two attached hydrogens (primary N) is 1. The molecule has 0 saturated carbocycles. The van der Waals surface area contributed by atoms with Crippen molar-refractivity contribution >= 4 is 28.9 Å². The molecule has 0 aliphatic heterocycles. The van der Waals surface area contributed by atoms with Crippen LogP contribution in [0.2, 0.25) is 5.02 Å². The predicted octanol–water partition coefficient (Wildman–Crippen LogP) is 3.45. The van der Waals surface area contributed by atoms with Crippen LogP contribution in [-0.2, 0) is 0 Å². The molecule has 2 aromatic rings. The van der Waals surface area contributed by atoms with Crippen LogP contribution < -0.4 is 11.1 Å². The van der Waals surface area contributed by atoms with Gasteiger partial charge in [0.2, 0.25) is 0 Å². The van der Waals surface area contributed by atoms with Crippen molar-refractivity contribution in [1.82, 2.24) is 0 Å². The number of nitrogen functional groups attached to an aromatic ring is 1. The summed E-state index contributed by atoms with van der Waals surface area (Å²) >= 11 is 5.76. The van der Waals surface area contributed by atoms with E-state index in [9.17, 15) is 13.6 Å². The molecule has 2 aromatic carbocycles. The molecular formula is C13H9ClF2N2O. The first kappa shape index (κ1) is 13.3. The maximum atomic E-state index is 13.4. The number of benzene rings is 2. The number of amides is 1. The molecule has 0 aromatic heterocycles. The molecule has 0 heterocycles. The Labute approximate surface area is 113 Å². The van der Waals surface area contributed by atoms with E-state index in [1.54, 1.807) is 0 Å². The van der Waals surface area contributed by atoms with Crippen LogP contribution in [0.5, 0.6) is 0 Å². The first-order valence-corrected chi connectivity index (χ1v) is 5.66. The SMILES string of the molecule is Nc1ccc(Cl)cc1C(=O)Nc1ccc(F)cc1F. The van der Waals surface area contributed by atoms with Gasteiger partial charge in [0.1, 0.15) is 11.6 Å². The number of rotatable bonds is 2. The van der Waals surface area contributed by atoms with Crippen LogP contribution in [0, 0.1) is 11.6 Å². The minimum absolute atomic E-state index is 0.122. The third kappa shape index (κ3) is 3.00. The lowest BCUT2D eigenvalue weighted by Crippen LogP contribution is -2.15. The summed E-state index contributed by atoms with van der Waals surface area (Å²) in [5.74, 6) is -2.21. The number of anilines is 2. The molecule has 0 aliphatic rings. The average molecular weight is 283 g/mol. The van der Waals surface area contributed by atoms with Gasteiger partial charge in [-0.2, -0.15) is 0 Å². The second-order valence-corrected chi connectivity index (χ2v) is 4.25. The lowest BCUT2D eigenvalue weighted by molar-refractivity contribution is 0.102. The van der Waals surface area contributed by atoms with E-state index in [1.807, 2.05) is 0 Å². The number of hydrogen-bond donors (Lipinski definition) is 2. The molecule has 0 atom stereocenters. The van der Waals surface area contributed by atoms with Crippen molar-refractivity contribution in [1.29, 1.82) is 0 Å². The fourth-order valence-electron chi connectivity index (χ4n) is 1.51. The van der Waals surface area contributed by atoms with Gasteiger partial charge in [-0.15, -0.1) is 0 Å². The predicted molar refractivity (Wildman–Crippen MR) is 70.2 cm³/mol. The van der Waals surface area contributed by atoms with E-state index in [0.29, 0.717) is 11.1 Å². The lowest BCUT2D eigenvalue weighted by atomic mass is 10.1. The molecule has 3 nitrogen and oxygen atoms in total. The topological polar surface area (TPSA) is 55.1 Å². The Bertz CT molecular complexity index is 647. The van der Waals surface area contributed by atoms with Crippen LogP contribution in [0.15, 0.2) is 36.4 Å². The fraction of sp³-hybridized carbons (Fsp3) is 0. The van der Waals surface area contributed by atoms with Gasteiger partial charge in [-0.25, -0.2) is 8.78 Å². The molecule has 1 amide bonds. The van der Waals surface area contributed by atoms with Gasteiger partial charge in [0.05, 0.1) is 11.3 Å². The maximum absolute atomic E-state index is 13.4. The zero-order valence-electron chi connectivity index (χ0n) is 9.58. The highest BCUT2D eigenvalue weighted by Crippen LogP contribution is 2.21. The Morgan fingerprint density at radius 1 is 1.16 bits per heavy atom. The van der Waals surface area contributed by atoms with Crippen molar-refractivity contribution in [3.63, 3.8) is 0 Å². The van der Waals surface area contributed by atoms with Gasteiger partial charge in [-0.3, -0.25) is 4.79 Å². The molecule has 2 rings (SSSR count). The highest BCUT2D eigenvalue weighted by molar-refractivity contribution is 6.31. The van der Waals surface area contributed by atoms with E-state index >= 15 is 0 Å². The average Bonchev–Trinajstić information content (AvgIpc) is 2.35. The monoisotopic (exact) mass is 282 g/mol. The van der Waals surface area contributed by atoms with Crippen molar-refractivity contribution in [3.05, 3.63) is 58.6 Å². The molecule has 19 heavy (non-hydrogen) atoms. The zero-order valence-corrected chi connectivity index (χ0v) is 10.3. The van der Waals surface area contributed by atoms with Crippen LogP contribution in [0.1, 0.15) is 10.4 Å². The van der Waals surface area contributed by atoms with E-state index in [1.165, 1.54) is 18.2 Å². The van der Waals surface area contributed by atoms with Crippen molar-refractivity contribution in [2.24, 2.45) is 0 Å². The Hall–Kier alpha value is -2.14. The van der Waals surface area contributed by atoms with Gasteiger partial charge >= 0.3 is 0 Å². The fourth-order valence-corrected chi connectivity index (χ4v) is 1.68. The van der Waals surface area contributed by atoms with E-state index in [0.717, 1.165) is 12.1 Å². The molecule has 0 bridgehead atoms. The molecule has 0 fully saturated rings. The van der Waals surface area contributed by atoms with Gasteiger partial charge < -0.3 is 11.1 Å². The van der Waals surface area contributed by atoms with Crippen molar-refractivity contribution < 1.29 is 13.6 Å². The van der Waals surface area contributed by atoms with Gasteiger partial charge in [0.15, 0.2) is 0 Å². The second kappa shape index (κ2) is 5.24. The van der Waals surface area contributed by atoms with Crippen LogP contribution in [0.25, 0.3) is 0 Å². The van der Waals surface area contributed by atoms with Crippen LogP contribution in [0.3, 0.4) is 0 Å². The molecule has 0 aliphatic carbocycles. The minimum Gasteiger partial charge on any atom is -0.398 e. The maximum Gasteiger partial charge on any atom is 0.257 e. The summed E-state index contributed by atoms with van der Waals surface area (Å²) in [5.41, 5.74) is 5.83. The summed E-state index contributed by atoms with van der Waals surface area (Å²) in [6.45, 7) is 0. The summed E-state index contributed by atoms with van der Waals surface area (Å²) in [6.07, 6.45) is 0. The van der Waals surface area contributed by atoms with Crippen molar-refractivity contribution in [3.8, 4) is 0 Å². The number of nitrogens with one attached hydrogen (secondary N) is 1. The Morgan fingerprint density at radius 3 is 2.58 bits per heavy atom. The summed E-state index contributed by atoms with van der Waals surface area (Å²) in [4.78, 5) is 11.9. The normalized spacial score (nSPS) is 10.3. The van der Waals surface area contributed by atoms with E-state index in [-0.39, 0.29) is 16.9 Å². The number of halogens is 3. The largest absolute Gasteiger partial charge is 0.398 e. The van der Waals surface area contributed by atoms with E-state index < -0.39 is 17.5 Å². The Balaban J connectivity index is 2.28.